The quantitative estimate of drug-likeness (QED) is 0.677. The molecule has 128 valence electrons. The van der Waals surface area contributed by atoms with Crippen LogP contribution < -0.4 is 5.32 Å². The fraction of sp³-hybridized carbons (Fsp3) is 0.167. The first-order valence-corrected chi connectivity index (χ1v) is 9.03. The van der Waals surface area contributed by atoms with Crippen LogP contribution in [0.4, 0.5) is 5.69 Å². The molecule has 2 aromatic heterocycles. The van der Waals surface area contributed by atoms with Crippen molar-refractivity contribution in [2.24, 2.45) is 7.05 Å². The van der Waals surface area contributed by atoms with E-state index in [-0.39, 0.29) is 5.91 Å². The van der Waals surface area contributed by atoms with Crippen molar-refractivity contribution >= 4 is 35.0 Å². The maximum absolute atomic E-state index is 12.4. The zero-order valence-electron chi connectivity index (χ0n) is 13.9. The number of benzene rings is 1. The molecule has 1 aromatic carbocycles. The van der Waals surface area contributed by atoms with Crippen molar-refractivity contribution in [3.8, 4) is 0 Å². The van der Waals surface area contributed by atoms with Crippen LogP contribution in [0.1, 0.15) is 21.6 Å². The Labute approximate surface area is 155 Å². The Morgan fingerprint density at radius 3 is 2.64 bits per heavy atom. The Bertz CT molecular complexity index is 878. The number of rotatable bonds is 5. The molecule has 0 fully saturated rings. The zero-order chi connectivity index (χ0) is 17.8. The molecule has 3 aromatic rings. The number of pyridine rings is 1. The van der Waals surface area contributed by atoms with Gasteiger partial charge in [-0.3, -0.25) is 14.5 Å². The maximum Gasteiger partial charge on any atom is 0.260 e. The Kier molecular flexibility index (Phi) is 5.40. The van der Waals surface area contributed by atoms with Gasteiger partial charge in [0.05, 0.1) is 11.3 Å². The lowest BCUT2D eigenvalue weighted by molar-refractivity contribution is 0.102. The lowest BCUT2D eigenvalue weighted by atomic mass is 10.2. The van der Waals surface area contributed by atoms with Crippen LogP contribution in [0.5, 0.6) is 0 Å². The first kappa shape index (κ1) is 17.5. The van der Waals surface area contributed by atoms with Crippen LogP contribution in [0, 0.1) is 6.92 Å². The summed E-state index contributed by atoms with van der Waals surface area (Å²) < 4.78 is 1.49. The fourth-order valence-corrected chi connectivity index (χ4v) is 3.46. The molecule has 0 bridgehead atoms. The van der Waals surface area contributed by atoms with Gasteiger partial charge in [0.15, 0.2) is 0 Å². The van der Waals surface area contributed by atoms with Gasteiger partial charge in [0.1, 0.15) is 5.15 Å². The largest absolute Gasteiger partial charge is 0.322 e. The van der Waals surface area contributed by atoms with Gasteiger partial charge in [-0.1, -0.05) is 17.7 Å². The number of aromatic nitrogens is 3. The van der Waals surface area contributed by atoms with E-state index in [4.69, 9.17) is 11.6 Å². The lowest BCUT2D eigenvalue weighted by Gasteiger charge is -2.07. The van der Waals surface area contributed by atoms with Crippen molar-refractivity contribution < 1.29 is 4.79 Å². The van der Waals surface area contributed by atoms with E-state index in [1.54, 1.807) is 31.9 Å². The number of carbonyl (C=O) groups is 1. The van der Waals surface area contributed by atoms with Gasteiger partial charge in [-0.05, 0) is 42.8 Å². The van der Waals surface area contributed by atoms with Crippen molar-refractivity contribution in [1.29, 1.82) is 0 Å². The van der Waals surface area contributed by atoms with E-state index < -0.39 is 0 Å². The standard InChI is InChI=1S/C18H17ClN4OS/c1-12-16(17(19)23(2)22-12)18(24)21-14-5-7-15(8-6-14)25-11-13-4-3-9-20-10-13/h3-10H,11H2,1-2H3,(H,21,24). The predicted octanol–water partition coefficient (Wildman–Crippen LogP) is 4.32. The van der Waals surface area contributed by atoms with Crippen molar-refractivity contribution in [1.82, 2.24) is 14.8 Å². The summed E-state index contributed by atoms with van der Waals surface area (Å²) in [6, 6.07) is 11.7. The normalized spacial score (nSPS) is 10.7. The highest BCUT2D eigenvalue weighted by molar-refractivity contribution is 7.98. The highest BCUT2D eigenvalue weighted by atomic mass is 35.5. The van der Waals surface area contributed by atoms with E-state index in [1.165, 1.54) is 10.2 Å². The van der Waals surface area contributed by atoms with E-state index in [0.29, 0.717) is 16.4 Å². The SMILES string of the molecule is Cc1nn(C)c(Cl)c1C(=O)Nc1ccc(SCc2cccnc2)cc1. The van der Waals surface area contributed by atoms with Crippen LogP contribution in [0.3, 0.4) is 0 Å². The first-order valence-electron chi connectivity index (χ1n) is 7.67. The third-order valence-corrected chi connectivity index (χ3v) is 5.14. The molecule has 2 heterocycles. The fourth-order valence-electron chi connectivity index (χ4n) is 2.37. The number of hydrogen-bond donors (Lipinski definition) is 1. The van der Waals surface area contributed by atoms with Gasteiger partial charge in [0.2, 0.25) is 0 Å². The Hall–Kier alpha value is -2.31. The van der Waals surface area contributed by atoms with Crippen LogP contribution >= 0.6 is 23.4 Å². The van der Waals surface area contributed by atoms with Crippen molar-refractivity contribution in [2.45, 2.75) is 17.6 Å². The number of amides is 1. The molecule has 0 unspecified atom stereocenters. The number of hydrogen-bond acceptors (Lipinski definition) is 4. The Morgan fingerprint density at radius 1 is 1.28 bits per heavy atom. The number of carbonyl (C=O) groups excluding carboxylic acids is 1. The Balaban J connectivity index is 1.63. The summed E-state index contributed by atoms with van der Waals surface area (Å²) in [4.78, 5) is 17.6. The van der Waals surface area contributed by atoms with Crippen LogP contribution in [0.2, 0.25) is 5.15 Å². The average molecular weight is 373 g/mol. The van der Waals surface area contributed by atoms with Gasteiger partial charge >= 0.3 is 0 Å². The van der Waals surface area contributed by atoms with Crippen molar-refractivity contribution in [2.75, 3.05) is 5.32 Å². The van der Waals surface area contributed by atoms with Gasteiger partial charge in [-0.2, -0.15) is 5.10 Å². The molecule has 5 nitrogen and oxygen atoms in total. The second kappa shape index (κ2) is 7.72. The summed E-state index contributed by atoms with van der Waals surface area (Å²) in [5.74, 6) is 0.593. The number of nitrogens with zero attached hydrogens (tertiary/aromatic N) is 3. The average Bonchev–Trinajstić information content (AvgIpc) is 2.87. The van der Waals surface area contributed by atoms with Crippen LogP contribution in [-0.2, 0) is 12.8 Å². The number of nitrogens with one attached hydrogen (secondary N) is 1. The van der Waals surface area contributed by atoms with Gasteiger partial charge in [0.25, 0.3) is 5.91 Å². The Morgan fingerprint density at radius 2 is 2.04 bits per heavy atom. The smallest absolute Gasteiger partial charge is 0.260 e. The first-order chi connectivity index (χ1) is 12.0. The van der Waals surface area contributed by atoms with E-state index in [2.05, 4.69) is 21.5 Å². The molecule has 1 amide bonds. The molecule has 0 aliphatic carbocycles. The monoisotopic (exact) mass is 372 g/mol. The van der Waals surface area contributed by atoms with Crippen LogP contribution in [0.15, 0.2) is 53.7 Å². The molecule has 0 spiro atoms. The highest BCUT2D eigenvalue weighted by Crippen LogP contribution is 2.25. The van der Waals surface area contributed by atoms with Gasteiger partial charge in [-0.25, -0.2) is 0 Å². The summed E-state index contributed by atoms with van der Waals surface area (Å²) in [7, 11) is 1.71. The van der Waals surface area contributed by atoms with E-state index in [9.17, 15) is 4.79 Å². The highest BCUT2D eigenvalue weighted by Gasteiger charge is 2.18. The van der Waals surface area contributed by atoms with E-state index in [0.717, 1.165) is 16.3 Å². The minimum absolute atomic E-state index is 0.258. The summed E-state index contributed by atoms with van der Waals surface area (Å²) in [6.07, 6.45) is 3.63. The second-order valence-corrected chi connectivity index (χ2v) is 6.91. The molecular formula is C18H17ClN4OS. The van der Waals surface area contributed by atoms with E-state index in [1.807, 2.05) is 36.5 Å². The molecule has 1 N–H and O–H groups in total. The molecule has 7 heteroatoms. The molecule has 0 aliphatic heterocycles. The topological polar surface area (TPSA) is 59.8 Å². The molecular weight excluding hydrogens is 356 g/mol. The summed E-state index contributed by atoms with van der Waals surface area (Å²) in [6.45, 7) is 1.76. The van der Waals surface area contributed by atoms with E-state index >= 15 is 0 Å². The molecule has 0 saturated carbocycles. The van der Waals surface area contributed by atoms with Crippen molar-refractivity contribution in [3.05, 3.63) is 70.8 Å². The third kappa shape index (κ3) is 4.21. The summed E-state index contributed by atoms with van der Waals surface area (Å²) >= 11 is 7.85. The molecule has 25 heavy (non-hydrogen) atoms. The minimum atomic E-state index is -0.258. The molecule has 0 saturated heterocycles. The van der Waals surface area contributed by atoms with Crippen molar-refractivity contribution in [3.63, 3.8) is 0 Å². The number of thioether (sulfide) groups is 1. The van der Waals surface area contributed by atoms with Crippen LogP contribution in [-0.4, -0.2) is 20.7 Å². The predicted molar refractivity (Wildman–Crippen MR) is 101 cm³/mol. The minimum Gasteiger partial charge on any atom is -0.322 e. The summed E-state index contributed by atoms with van der Waals surface area (Å²) in [5.41, 5.74) is 2.90. The molecule has 0 aliphatic rings. The van der Waals surface area contributed by atoms with Gasteiger partial charge in [0, 0.05) is 35.8 Å². The molecule has 0 atom stereocenters. The lowest BCUT2D eigenvalue weighted by Crippen LogP contribution is -2.13. The van der Waals surface area contributed by atoms with Crippen LogP contribution in [0.25, 0.3) is 0 Å². The molecule has 3 rings (SSSR count). The number of aryl methyl sites for hydroxylation is 2. The molecule has 0 radical (unpaired) electrons. The zero-order valence-corrected chi connectivity index (χ0v) is 15.4. The second-order valence-electron chi connectivity index (χ2n) is 5.50. The number of halogens is 1. The van der Waals surface area contributed by atoms with Gasteiger partial charge < -0.3 is 5.32 Å². The van der Waals surface area contributed by atoms with Gasteiger partial charge in [-0.15, -0.1) is 11.8 Å². The maximum atomic E-state index is 12.4. The number of anilines is 1. The third-order valence-electron chi connectivity index (χ3n) is 3.62. The summed E-state index contributed by atoms with van der Waals surface area (Å²) in [5, 5.41) is 7.35.